The van der Waals surface area contributed by atoms with Crippen LogP contribution < -0.4 is 16.0 Å². The van der Waals surface area contributed by atoms with E-state index in [1.165, 1.54) is 7.05 Å². The first-order chi connectivity index (χ1) is 8.70. The van der Waals surface area contributed by atoms with E-state index in [0.29, 0.717) is 6.54 Å². The van der Waals surface area contributed by atoms with E-state index in [1.54, 1.807) is 6.08 Å². The van der Waals surface area contributed by atoms with Gasteiger partial charge >= 0.3 is 0 Å². The molecule has 104 valence electrons. The Morgan fingerprint density at radius 2 is 2.37 bits per heavy atom. The molecular formula is C10H14ClN5O3. The highest BCUT2D eigenvalue weighted by molar-refractivity contribution is 5.89. The van der Waals surface area contributed by atoms with Crippen LogP contribution in [0.3, 0.4) is 0 Å². The van der Waals surface area contributed by atoms with E-state index in [9.17, 15) is 9.59 Å². The van der Waals surface area contributed by atoms with Crippen molar-refractivity contribution in [3.63, 3.8) is 0 Å². The predicted molar refractivity (Wildman–Crippen MR) is 67.7 cm³/mol. The van der Waals surface area contributed by atoms with Gasteiger partial charge < -0.3 is 15.2 Å². The number of carbonyl (C=O) groups is 2. The van der Waals surface area contributed by atoms with Gasteiger partial charge in [-0.2, -0.15) is 4.98 Å². The summed E-state index contributed by atoms with van der Waals surface area (Å²) in [4.78, 5) is 26.6. The molecule has 1 aromatic heterocycles. The van der Waals surface area contributed by atoms with Crippen molar-refractivity contribution in [2.45, 2.75) is 12.6 Å². The van der Waals surface area contributed by atoms with Crippen molar-refractivity contribution in [3.05, 3.63) is 23.9 Å². The van der Waals surface area contributed by atoms with Gasteiger partial charge in [0.05, 0.1) is 6.54 Å². The monoisotopic (exact) mass is 287 g/mol. The Balaban J connectivity index is 0.00000180. The largest absolute Gasteiger partial charge is 0.352 e. The van der Waals surface area contributed by atoms with Crippen molar-refractivity contribution in [2.75, 3.05) is 13.6 Å². The highest BCUT2D eigenvalue weighted by Crippen LogP contribution is 1.99. The zero-order valence-corrected chi connectivity index (χ0v) is 11.0. The number of aromatic nitrogens is 2. The fourth-order valence-electron chi connectivity index (χ4n) is 1.45. The summed E-state index contributed by atoms with van der Waals surface area (Å²) in [6.45, 7) is 0.772. The molecular weight excluding hydrogens is 274 g/mol. The molecule has 0 aromatic carbocycles. The van der Waals surface area contributed by atoms with E-state index in [-0.39, 0.29) is 42.6 Å². The summed E-state index contributed by atoms with van der Waals surface area (Å²) < 4.78 is 4.83. The molecule has 0 bridgehead atoms. The minimum absolute atomic E-state index is 0. The summed E-state index contributed by atoms with van der Waals surface area (Å²) in [5, 5.41) is 11.5. The maximum absolute atomic E-state index is 11.6. The first-order valence-corrected chi connectivity index (χ1v) is 5.43. The number of hydrogen-bond acceptors (Lipinski definition) is 6. The predicted octanol–water partition coefficient (Wildman–Crippen LogP) is -1.00. The van der Waals surface area contributed by atoms with Gasteiger partial charge in [0, 0.05) is 13.6 Å². The lowest BCUT2D eigenvalue weighted by Gasteiger charge is -2.07. The molecule has 1 unspecified atom stereocenters. The number of nitrogens with one attached hydrogen (secondary N) is 3. The van der Waals surface area contributed by atoms with Crippen LogP contribution in [0.5, 0.6) is 0 Å². The summed E-state index contributed by atoms with van der Waals surface area (Å²) in [6.07, 6.45) is 3.65. The van der Waals surface area contributed by atoms with Gasteiger partial charge in [-0.05, 0) is 0 Å². The molecule has 0 aliphatic carbocycles. The molecule has 1 atom stereocenters. The van der Waals surface area contributed by atoms with Crippen LogP contribution in [0.15, 0.2) is 16.7 Å². The lowest BCUT2D eigenvalue weighted by Crippen LogP contribution is -2.40. The fourth-order valence-corrected chi connectivity index (χ4v) is 1.45. The molecule has 8 nitrogen and oxygen atoms in total. The molecule has 0 radical (unpaired) electrons. The summed E-state index contributed by atoms with van der Waals surface area (Å²) in [5.74, 6) is -0.482. The number of rotatable bonds is 4. The summed E-state index contributed by atoms with van der Waals surface area (Å²) in [6, 6.07) is -0.327. The average molecular weight is 288 g/mol. The molecule has 0 fully saturated rings. The molecule has 0 saturated heterocycles. The highest BCUT2D eigenvalue weighted by Gasteiger charge is 2.18. The first kappa shape index (κ1) is 15.1. The molecule has 0 spiro atoms. The molecule has 2 heterocycles. The molecule has 2 amide bonds. The van der Waals surface area contributed by atoms with E-state index < -0.39 is 5.91 Å². The van der Waals surface area contributed by atoms with Gasteiger partial charge in [-0.15, -0.1) is 12.4 Å². The zero-order valence-electron chi connectivity index (χ0n) is 10.2. The van der Waals surface area contributed by atoms with Crippen LogP contribution in [0.1, 0.15) is 16.5 Å². The summed E-state index contributed by atoms with van der Waals surface area (Å²) in [5.41, 5.74) is 0. The SMILES string of the molecule is CNC(=O)c1noc(CNC(=O)C2C=CCN2)n1.Cl. The third-order valence-corrected chi connectivity index (χ3v) is 2.38. The van der Waals surface area contributed by atoms with Crippen LogP contribution in [-0.2, 0) is 11.3 Å². The number of nitrogens with zero attached hydrogens (tertiary/aromatic N) is 2. The maximum atomic E-state index is 11.6. The molecule has 3 N–H and O–H groups in total. The van der Waals surface area contributed by atoms with E-state index in [0.717, 1.165) is 0 Å². The van der Waals surface area contributed by atoms with E-state index in [1.807, 2.05) is 6.08 Å². The number of hydrogen-bond donors (Lipinski definition) is 3. The van der Waals surface area contributed by atoms with Crippen molar-refractivity contribution in [3.8, 4) is 0 Å². The maximum Gasteiger partial charge on any atom is 0.292 e. The van der Waals surface area contributed by atoms with Gasteiger partial charge in [-0.1, -0.05) is 17.3 Å². The van der Waals surface area contributed by atoms with Crippen molar-refractivity contribution in [1.82, 2.24) is 26.1 Å². The lowest BCUT2D eigenvalue weighted by molar-refractivity contribution is -0.122. The van der Waals surface area contributed by atoms with Crippen molar-refractivity contribution in [2.24, 2.45) is 0 Å². The molecule has 1 aliphatic heterocycles. The van der Waals surface area contributed by atoms with Crippen LogP contribution in [0, 0.1) is 0 Å². The van der Waals surface area contributed by atoms with Crippen molar-refractivity contribution >= 4 is 24.2 Å². The minimum Gasteiger partial charge on any atom is -0.352 e. The second-order valence-electron chi connectivity index (χ2n) is 3.62. The zero-order chi connectivity index (χ0) is 13.0. The summed E-state index contributed by atoms with van der Waals surface area (Å²) >= 11 is 0. The van der Waals surface area contributed by atoms with Crippen LogP contribution in [0.4, 0.5) is 0 Å². The Hall–Kier alpha value is -1.93. The molecule has 1 aromatic rings. The highest BCUT2D eigenvalue weighted by atomic mass is 35.5. The second kappa shape index (κ2) is 6.86. The van der Waals surface area contributed by atoms with Crippen LogP contribution >= 0.6 is 12.4 Å². The van der Waals surface area contributed by atoms with Crippen molar-refractivity contribution in [1.29, 1.82) is 0 Å². The Labute approximate surface area is 115 Å². The first-order valence-electron chi connectivity index (χ1n) is 5.43. The van der Waals surface area contributed by atoms with Gasteiger partial charge in [0.1, 0.15) is 6.04 Å². The van der Waals surface area contributed by atoms with E-state index >= 15 is 0 Å². The average Bonchev–Trinajstić information content (AvgIpc) is 3.05. The normalized spacial score (nSPS) is 16.8. The smallest absolute Gasteiger partial charge is 0.292 e. The quantitative estimate of drug-likeness (QED) is 0.613. The van der Waals surface area contributed by atoms with Gasteiger partial charge in [0.2, 0.25) is 11.8 Å². The lowest BCUT2D eigenvalue weighted by atomic mass is 10.3. The summed E-state index contributed by atoms with van der Waals surface area (Å²) in [7, 11) is 1.47. The van der Waals surface area contributed by atoms with Crippen LogP contribution in [-0.4, -0.2) is 41.6 Å². The van der Waals surface area contributed by atoms with Crippen LogP contribution in [0.25, 0.3) is 0 Å². The van der Waals surface area contributed by atoms with Crippen LogP contribution in [0.2, 0.25) is 0 Å². The van der Waals surface area contributed by atoms with Gasteiger partial charge in [0.25, 0.3) is 11.7 Å². The Morgan fingerprint density at radius 3 is 3.00 bits per heavy atom. The topological polar surface area (TPSA) is 109 Å². The Bertz CT molecular complexity index is 487. The standard InChI is InChI=1S/C10H13N5O3.ClH/c1-11-10(17)8-14-7(18-15-8)5-13-9(16)6-3-2-4-12-6;/h2-3,6,12H,4-5H2,1H3,(H,11,17)(H,13,16);1H. The number of carbonyl (C=O) groups excluding carboxylic acids is 2. The molecule has 2 rings (SSSR count). The molecule has 9 heteroatoms. The number of halogens is 1. The van der Waals surface area contributed by atoms with E-state index in [2.05, 4.69) is 26.1 Å². The second-order valence-corrected chi connectivity index (χ2v) is 3.62. The van der Waals surface area contributed by atoms with Crippen molar-refractivity contribution < 1.29 is 14.1 Å². The Kier molecular flexibility index (Phi) is 5.46. The Morgan fingerprint density at radius 1 is 1.58 bits per heavy atom. The van der Waals surface area contributed by atoms with E-state index in [4.69, 9.17) is 4.52 Å². The van der Waals surface area contributed by atoms with Gasteiger partial charge in [-0.3, -0.25) is 14.9 Å². The van der Waals surface area contributed by atoms with Gasteiger partial charge in [-0.25, -0.2) is 0 Å². The van der Waals surface area contributed by atoms with Gasteiger partial charge in [0.15, 0.2) is 0 Å². The molecule has 0 saturated carbocycles. The third-order valence-electron chi connectivity index (χ3n) is 2.38. The third kappa shape index (κ3) is 3.76. The molecule has 19 heavy (non-hydrogen) atoms. The fraction of sp³-hybridized carbons (Fsp3) is 0.400. The minimum atomic E-state index is -0.434. The number of amides is 2. The molecule has 1 aliphatic rings.